The molecule has 4 aromatic rings. The number of hydrogen-bond acceptors (Lipinski definition) is 6. The highest BCUT2D eigenvalue weighted by Crippen LogP contribution is 2.17. The Labute approximate surface area is 152 Å². The Kier molecular flexibility index (Phi) is 4.40. The van der Waals surface area contributed by atoms with E-state index in [-0.39, 0.29) is 18.7 Å². The van der Waals surface area contributed by atoms with Crippen LogP contribution in [0.5, 0.6) is 0 Å². The van der Waals surface area contributed by atoms with Crippen molar-refractivity contribution < 1.29 is 18.5 Å². The Morgan fingerprint density at radius 1 is 1.11 bits per heavy atom. The van der Waals surface area contributed by atoms with Crippen LogP contribution in [0.4, 0.5) is 0 Å². The van der Waals surface area contributed by atoms with Crippen LogP contribution >= 0.6 is 0 Å². The fraction of sp³-hybridized carbons (Fsp3) is 0.111. The molecule has 0 bridgehead atoms. The van der Waals surface area contributed by atoms with E-state index in [0.29, 0.717) is 23.0 Å². The first kappa shape index (κ1) is 16.6. The van der Waals surface area contributed by atoms with Crippen LogP contribution in [-0.2, 0) is 11.2 Å². The lowest BCUT2D eigenvalue weighted by molar-refractivity contribution is -0.121. The zero-order chi connectivity index (χ0) is 18.6. The first-order chi connectivity index (χ1) is 13.2. The standard InChI is InChI=1S/C18H15N5O4/c24-15(7-8-16-20-17(23-27-16)14-6-3-9-26-14)21-22-18(25)12-10-19-13-5-2-1-4-11(12)13/h1-6,9-10,19H,7-8H2,(H,21,24)(H,22,25). The summed E-state index contributed by atoms with van der Waals surface area (Å²) in [5, 5.41) is 4.57. The zero-order valence-electron chi connectivity index (χ0n) is 14.1. The molecule has 0 atom stereocenters. The molecular weight excluding hydrogens is 350 g/mol. The number of hydrogen-bond donors (Lipinski definition) is 3. The first-order valence-electron chi connectivity index (χ1n) is 8.22. The number of nitrogens with zero attached hydrogens (tertiary/aromatic N) is 2. The number of nitrogens with one attached hydrogen (secondary N) is 3. The second-order valence-corrected chi connectivity index (χ2v) is 5.74. The number of aromatic nitrogens is 3. The van der Waals surface area contributed by atoms with Crippen LogP contribution in [0, 0.1) is 0 Å². The van der Waals surface area contributed by atoms with Gasteiger partial charge < -0.3 is 13.9 Å². The Morgan fingerprint density at radius 2 is 2.00 bits per heavy atom. The largest absolute Gasteiger partial charge is 0.461 e. The predicted molar refractivity (Wildman–Crippen MR) is 94.2 cm³/mol. The maximum absolute atomic E-state index is 12.2. The summed E-state index contributed by atoms with van der Waals surface area (Å²) in [6, 6.07) is 10.8. The monoisotopic (exact) mass is 365 g/mol. The topological polar surface area (TPSA) is 126 Å². The molecule has 3 aromatic heterocycles. The number of carbonyl (C=O) groups is 2. The van der Waals surface area contributed by atoms with Crippen LogP contribution < -0.4 is 10.9 Å². The molecule has 3 N–H and O–H groups in total. The summed E-state index contributed by atoms with van der Waals surface area (Å²) in [5.74, 6) is 0.336. The van der Waals surface area contributed by atoms with Crippen molar-refractivity contribution in [3.05, 3.63) is 60.3 Å². The normalized spacial score (nSPS) is 10.8. The first-order valence-corrected chi connectivity index (χ1v) is 8.22. The van der Waals surface area contributed by atoms with Gasteiger partial charge in [-0.15, -0.1) is 0 Å². The van der Waals surface area contributed by atoms with Gasteiger partial charge in [-0.2, -0.15) is 4.98 Å². The summed E-state index contributed by atoms with van der Waals surface area (Å²) in [4.78, 5) is 31.3. The average Bonchev–Trinajstić information content (AvgIpc) is 3.44. The van der Waals surface area contributed by atoms with Crippen molar-refractivity contribution in [3.8, 4) is 11.6 Å². The van der Waals surface area contributed by atoms with E-state index in [4.69, 9.17) is 8.94 Å². The number of fused-ring (bicyclic) bond motifs is 1. The lowest BCUT2D eigenvalue weighted by Crippen LogP contribution is -2.41. The van der Waals surface area contributed by atoms with Crippen molar-refractivity contribution in [2.45, 2.75) is 12.8 Å². The summed E-state index contributed by atoms with van der Waals surface area (Å²) in [6.07, 6.45) is 3.42. The fourth-order valence-corrected chi connectivity index (χ4v) is 2.60. The Balaban J connectivity index is 1.29. The third kappa shape index (κ3) is 3.56. The van der Waals surface area contributed by atoms with Gasteiger partial charge in [-0.05, 0) is 18.2 Å². The fourth-order valence-electron chi connectivity index (χ4n) is 2.60. The second-order valence-electron chi connectivity index (χ2n) is 5.74. The minimum atomic E-state index is -0.404. The molecule has 0 unspecified atom stereocenters. The molecule has 136 valence electrons. The van der Waals surface area contributed by atoms with Crippen molar-refractivity contribution in [2.24, 2.45) is 0 Å². The quantitative estimate of drug-likeness (QED) is 0.466. The number of rotatable bonds is 5. The molecule has 0 saturated heterocycles. The molecule has 9 heteroatoms. The van der Waals surface area contributed by atoms with E-state index in [2.05, 4.69) is 26.0 Å². The molecule has 0 radical (unpaired) electrons. The molecule has 27 heavy (non-hydrogen) atoms. The number of benzene rings is 1. The van der Waals surface area contributed by atoms with Gasteiger partial charge >= 0.3 is 0 Å². The van der Waals surface area contributed by atoms with Gasteiger partial charge in [0.2, 0.25) is 17.6 Å². The van der Waals surface area contributed by atoms with E-state index < -0.39 is 5.91 Å². The van der Waals surface area contributed by atoms with Crippen LogP contribution in [0.1, 0.15) is 22.7 Å². The molecule has 4 rings (SSSR count). The number of aromatic amines is 1. The Hall–Kier alpha value is -3.88. The van der Waals surface area contributed by atoms with E-state index in [9.17, 15) is 9.59 Å². The molecule has 0 aliphatic heterocycles. The minimum Gasteiger partial charge on any atom is -0.461 e. The van der Waals surface area contributed by atoms with Crippen LogP contribution in [-0.4, -0.2) is 26.9 Å². The number of amides is 2. The van der Waals surface area contributed by atoms with E-state index >= 15 is 0 Å². The number of para-hydroxylation sites is 1. The maximum Gasteiger partial charge on any atom is 0.271 e. The summed E-state index contributed by atoms with van der Waals surface area (Å²) in [5.41, 5.74) is 6.08. The molecule has 0 aliphatic rings. The molecular formula is C18H15N5O4. The maximum atomic E-state index is 12.2. The van der Waals surface area contributed by atoms with Gasteiger partial charge in [0.05, 0.1) is 11.8 Å². The summed E-state index contributed by atoms with van der Waals surface area (Å²) >= 11 is 0. The minimum absolute atomic E-state index is 0.0773. The van der Waals surface area contributed by atoms with Gasteiger partial charge in [0.1, 0.15) is 0 Å². The third-order valence-electron chi connectivity index (χ3n) is 3.92. The van der Waals surface area contributed by atoms with Gasteiger partial charge in [0.25, 0.3) is 5.91 Å². The van der Waals surface area contributed by atoms with Crippen LogP contribution in [0.25, 0.3) is 22.5 Å². The lowest BCUT2D eigenvalue weighted by atomic mass is 10.2. The van der Waals surface area contributed by atoms with Gasteiger partial charge in [-0.25, -0.2) is 0 Å². The van der Waals surface area contributed by atoms with Gasteiger partial charge in [0.15, 0.2) is 5.76 Å². The van der Waals surface area contributed by atoms with E-state index in [0.717, 1.165) is 10.9 Å². The van der Waals surface area contributed by atoms with Crippen molar-refractivity contribution in [1.82, 2.24) is 26.0 Å². The molecule has 3 heterocycles. The summed E-state index contributed by atoms with van der Waals surface area (Å²) in [6.45, 7) is 0. The van der Waals surface area contributed by atoms with Gasteiger partial charge in [-0.3, -0.25) is 20.4 Å². The number of carbonyl (C=O) groups excluding carboxylic acids is 2. The number of furan rings is 1. The highest BCUT2D eigenvalue weighted by atomic mass is 16.5. The molecule has 0 saturated carbocycles. The Bertz CT molecular complexity index is 1080. The number of aryl methyl sites for hydroxylation is 1. The van der Waals surface area contributed by atoms with Crippen LogP contribution in [0.2, 0.25) is 0 Å². The zero-order valence-corrected chi connectivity index (χ0v) is 14.1. The molecule has 0 fully saturated rings. The summed E-state index contributed by atoms with van der Waals surface area (Å²) < 4.78 is 10.3. The highest BCUT2D eigenvalue weighted by Gasteiger charge is 2.14. The van der Waals surface area contributed by atoms with E-state index in [1.165, 1.54) is 6.26 Å². The van der Waals surface area contributed by atoms with Crippen molar-refractivity contribution >= 4 is 22.7 Å². The van der Waals surface area contributed by atoms with E-state index in [1.54, 1.807) is 18.3 Å². The van der Waals surface area contributed by atoms with Crippen molar-refractivity contribution in [2.75, 3.05) is 0 Å². The van der Waals surface area contributed by atoms with Crippen molar-refractivity contribution in [3.63, 3.8) is 0 Å². The highest BCUT2D eigenvalue weighted by molar-refractivity contribution is 6.07. The number of H-pyrrole nitrogens is 1. The third-order valence-corrected chi connectivity index (χ3v) is 3.92. The Morgan fingerprint density at radius 3 is 2.85 bits per heavy atom. The van der Waals surface area contributed by atoms with Crippen molar-refractivity contribution in [1.29, 1.82) is 0 Å². The van der Waals surface area contributed by atoms with Gasteiger partial charge in [0, 0.05) is 29.9 Å². The molecule has 0 spiro atoms. The average molecular weight is 365 g/mol. The predicted octanol–water partition coefficient (Wildman–Crippen LogP) is 2.20. The molecule has 0 aliphatic carbocycles. The smallest absolute Gasteiger partial charge is 0.271 e. The number of hydrazine groups is 1. The summed E-state index contributed by atoms with van der Waals surface area (Å²) in [7, 11) is 0. The van der Waals surface area contributed by atoms with Gasteiger partial charge in [-0.1, -0.05) is 23.4 Å². The van der Waals surface area contributed by atoms with Crippen LogP contribution in [0.3, 0.4) is 0 Å². The van der Waals surface area contributed by atoms with Crippen LogP contribution in [0.15, 0.2) is 57.8 Å². The molecule has 2 amide bonds. The van der Waals surface area contributed by atoms with E-state index in [1.807, 2.05) is 24.3 Å². The SMILES string of the molecule is O=C(CCc1nc(-c2ccco2)no1)NNC(=O)c1c[nH]c2ccccc12. The molecule has 9 nitrogen and oxygen atoms in total. The lowest BCUT2D eigenvalue weighted by Gasteiger charge is -2.05. The second kappa shape index (κ2) is 7.16. The molecule has 1 aromatic carbocycles.